The summed E-state index contributed by atoms with van der Waals surface area (Å²) in [4.78, 5) is 23.2. The summed E-state index contributed by atoms with van der Waals surface area (Å²) in [5.74, 6) is -1.73. The second-order valence-corrected chi connectivity index (χ2v) is 6.33. The summed E-state index contributed by atoms with van der Waals surface area (Å²) < 4.78 is 14.0. The normalized spacial score (nSPS) is 19.4. The highest BCUT2D eigenvalue weighted by atomic mass is 32.2. The van der Waals surface area contributed by atoms with Crippen LogP contribution in [0.4, 0.5) is 10.1 Å². The number of hydrogen-bond donors (Lipinski definition) is 1. The average molecular weight is 279 g/mol. The van der Waals surface area contributed by atoms with Gasteiger partial charge in [-0.1, -0.05) is 19.3 Å². The predicted octanol–water partition coefficient (Wildman–Crippen LogP) is 3.39. The van der Waals surface area contributed by atoms with Crippen LogP contribution in [-0.2, 0) is 4.79 Å². The van der Waals surface area contributed by atoms with E-state index >= 15 is 0 Å². The van der Waals surface area contributed by atoms with Crippen molar-refractivity contribution in [3.8, 4) is 0 Å². The summed E-state index contributed by atoms with van der Waals surface area (Å²) in [5, 5.41) is 2.92. The molecule has 1 amide bonds. The van der Waals surface area contributed by atoms with Gasteiger partial charge in [0.05, 0.1) is 11.3 Å². The number of nitrogens with one attached hydrogen (secondary N) is 1. The van der Waals surface area contributed by atoms with E-state index in [1.807, 2.05) is 0 Å². The molecular formula is C14H14FNO2S. The number of hydrogen-bond acceptors (Lipinski definition) is 3. The summed E-state index contributed by atoms with van der Waals surface area (Å²) >= 11 is 1.52. The highest BCUT2D eigenvalue weighted by Gasteiger charge is 2.30. The van der Waals surface area contributed by atoms with Crippen LogP contribution in [0, 0.1) is 5.82 Å². The summed E-state index contributed by atoms with van der Waals surface area (Å²) in [6.45, 7) is 0. The first-order valence-electron chi connectivity index (χ1n) is 6.51. The molecule has 19 heavy (non-hydrogen) atoms. The van der Waals surface area contributed by atoms with E-state index in [1.165, 1.54) is 37.1 Å². The molecule has 0 aromatic heterocycles. The van der Waals surface area contributed by atoms with Crippen molar-refractivity contribution in [2.24, 2.45) is 0 Å². The van der Waals surface area contributed by atoms with Crippen LogP contribution in [0.2, 0.25) is 0 Å². The van der Waals surface area contributed by atoms with Gasteiger partial charge in [0.25, 0.3) is 11.7 Å². The lowest BCUT2D eigenvalue weighted by atomic mass is 10.0. The Morgan fingerprint density at radius 2 is 1.89 bits per heavy atom. The monoisotopic (exact) mass is 279 g/mol. The minimum atomic E-state index is -0.672. The Kier molecular flexibility index (Phi) is 3.31. The standard InChI is InChI=1S/C14H14FNO2S/c15-10-6-9-11(16-14(18)13(9)17)7-12(10)19-8-4-2-1-3-5-8/h6-8H,1-5H2,(H,16,17,18). The van der Waals surface area contributed by atoms with Crippen molar-refractivity contribution in [1.82, 2.24) is 0 Å². The maximum absolute atomic E-state index is 14.0. The quantitative estimate of drug-likeness (QED) is 0.844. The summed E-state index contributed by atoms with van der Waals surface area (Å²) in [6, 6.07) is 2.77. The number of benzene rings is 1. The van der Waals surface area contributed by atoms with Crippen LogP contribution in [0.25, 0.3) is 0 Å². The van der Waals surface area contributed by atoms with Crippen LogP contribution in [0.3, 0.4) is 0 Å². The van der Waals surface area contributed by atoms with Gasteiger partial charge >= 0.3 is 0 Å². The highest BCUT2D eigenvalue weighted by molar-refractivity contribution is 8.00. The number of anilines is 1. The van der Waals surface area contributed by atoms with Crippen molar-refractivity contribution in [2.75, 3.05) is 5.32 Å². The van der Waals surface area contributed by atoms with Gasteiger partial charge in [0.1, 0.15) is 5.82 Å². The van der Waals surface area contributed by atoms with Gasteiger partial charge in [-0.2, -0.15) is 0 Å². The maximum Gasteiger partial charge on any atom is 0.296 e. The Hall–Kier alpha value is -1.36. The molecule has 0 radical (unpaired) electrons. The number of carbonyl (C=O) groups is 2. The number of halogens is 1. The maximum atomic E-state index is 14.0. The Bertz CT molecular complexity index is 553. The number of ketones is 1. The zero-order valence-corrected chi connectivity index (χ0v) is 11.2. The SMILES string of the molecule is O=C1Nc2cc(SC3CCCCC3)c(F)cc2C1=O. The predicted molar refractivity (Wildman–Crippen MR) is 72.1 cm³/mol. The van der Waals surface area contributed by atoms with Crippen molar-refractivity contribution in [3.05, 3.63) is 23.5 Å². The second kappa shape index (κ2) is 4.96. The van der Waals surface area contributed by atoms with Gasteiger partial charge in [-0.15, -0.1) is 11.8 Å². The molecule has 1 heterocycles. The van der Waals surface area contributed by atoms with Crippen molar-refractivity contribution in [3.63, 3.8) is 0 Å². The van der Waals surface area contributed by atoms with E-state index in [0.29, 0.717) is 15.8 Å². The lowest BCUT2D eigenvalue weighted by molar-refractivity contribution is -0.112. The lowest BCUT2D eigenvalue weighted by Crippen LogP contribution is -2.12. The van der Waals surface area contributed by atoms with Gasteiger partial charge in [-0.3, -0.25) is 9.59 Å². The smallest absolute Gasteiger partial charge is 0.296 e. The first-order valence-corrected chi connectivity index (χ1v) is 7.39. The zero-order chi connectivity index (χ0) is 13.4. The van der Waals surface area contributed by atoms with Gasteiger partial charge in [0, 0.05) is 10.1 Å². The van der Waals surface area contributed by atoms with Crippen molar-refractivity contribution in [1.29, 1.82) is 0 Å². The van der Waals surface area contributed by atoms with E-state index in [0.717, 1.165) is 12.8 Å². The second-order valence-electron chi connectivity index (χ2n) is 4.99. The molecular weight excluding hydrogens is 265 g/mol. The molecule has 1 saturated carbocycles. The fourth-order valence-electron chi connectivity index (χ4n) is 2.60. The van der Waals surface area contributed by atoms with Crippen LogP contribution < -0.4 is 5.32 Å². The van der Waals surface area contributed by atoms with Crippen LogP contribution in [-0.4, -0.2) is 16.9 Å². The molecule has 1 N–H and O–H groups in total. The minimum absolute atomic E-state index is 0.149. The molecule has 1 aromatic carbocycles. The van der Waals surface area contributed by atoms with Crippen molar-refractivity contribution >= 4 is 29.1 Å². The molecule has 2 aliphatic rings. The largest absolute Gasteiger partial charge is 0.318 e. The van der Waals surface area contributed by atoms with Crippen LogP contribution in [0.1, 0.15) is 42.5 Å². The Morgan fingerprint density at radius 1 is 1.16 bits per heavy atom. The fraction of sp³-hybridized carbons (Fsp3) is 0.429. The van der Waals surface area contributed by atoms with E-state index in [-0.39, 0.29) is 5.56 Å². The third kappa shape index (κ3) is 2.39. The number of fused-ring (bicyclic) bond motifs is 1. The molecule has 0 spiro atoms. The third-order valence-electron chi connectivity index (χ3n) is 3.62. The molecule has 0 atom stereocenters. The van der Waals surface area contributed by atoms with Gasteiger partial charge in [-0.05, 0) is 25.0 Å². The van der Waals surface area contributed by atoms with Crippen LogP contribution >= 0.6 is 11.8 Å². The van der Waals surface area contributed by atoms with Crippen molar-refractivity contribution < 1.29 is 14.0 Å². The molecule has 0 saturated heterocycles. The van der Waals surface area contributed by atoms with Crippen LogP contribution in [0.5, 0.6) is 0 Å². The van der Waals surface area contributed by atoms with E-state index in [1.54, 1.807) is 6.07 Å². The van der Waals surface area contributed by atoms with E-state index in [2.05, 4.69) is 5.32 Å². The molecule has 0 unspecified atom stereocenters. The van der Waals surface area contributed by atoms with Gasteiger partial charge in [0.2, 0.25) is 0 Å². The first-order chi connectivity index (χ1) is 9.15. The molecule has 3 rings (SSSR count). The zero-order valence-electron chi connectivity index (χ0n) is 10.4. The molecule has 0 bridgehead atoms. The Labute approximate surface area is 115 Å². The Balaban J connectivity index is 1.85. The van der Waals surface area contributed by atoms with E-state index in [4.69, 9.17) is 0 Å². The third-order valence-corrected chi connectivity index (χ3v) is 4.99. The highest BCUT2D eigenvalue weighted by Crippen LogP contribution is 2.38. The summed E-state index contributed by atoms with van der Waals surface area (Å²) in [5.41, 5.74) is 0.588. The lowest BCUT2D eigenvalue weighted by Gasteiger charge is -2.21. The molecule has 1 aliphatic carbocycles. The number of Topliss-reactive ketones (excluding diaryl/α,β-unsaturated/α-hetero) is 1. The molecule has 1 fully saturated rings. The molecule has 3 nitrogen and oxygen atoms in total. The summed E-state index contributed by atoms with van der Waals surface area (Å²) in [7, 11) is 0. The minimum Gasteiger partial charge on any atom is -0.318 e. The number of rotatable bonds is 2. The molecule has 100 valence electrons. The topological polar surface area (TPSA) is 46.2 Å². The molecule has 5 heteroatoms. The molecule has 1 aromatic rings. The number of amides is 1. The summed E-state index contributed by atoms with van der Waals surface area (Å²) in [6.07, 6.45) is 5.85. The van der Waals surface area contributed by atoms with Gasteiger partial charge < -0.3 is 5.32 Å². The Morgan fingerprint density at radius 3 is 2.63 bits per heavy atom. The van der Waals surface area contributed by atoms with Crippen molar-refractivity contribution in [2.45, 2.75) is 42.2 Å². The number of carbonyl (C=O) groups excluding carboxylic acids is 2. The van der Waals surface area contributed by atoms with Gasteiger partial charge in [0.15, 0.2) is 0 Å². The van der Waals surface area contributed by atoms with Crippen LogP contribution in [0.15, 0.2) is 17.0 Å². The average Bonchev–Trinajstić information content (AvgIpc) is 2.67. The first kappa shape index (κ1) is 12.7. The van der Waals surface area contributed by atoms with E-state index < -0.39 is 17.5 Å². The number of thioether (sulfide) groups is 1. The molecule has 1 aliphatic heterocycles. The fourth-order valence-corrected chi connectivity index (χ4v) is 3.88. The van der Waals surface area contributed by atoms with E-state index in [9.17, 15) is 14.0 Å². The van der Waals surface area contributed by atoms with Gasteiger partial charge in [-0.25, -0.2) is 4.39 Å².